The lowest BCUT2D eigenvalue weighted by Crippen LogP contribution is -2.31. The number of thiophene rings is 1. The molecule has 0 spiro atoms. The number of nitrogens with zero attached hydrogens (tertiary/aromatic N) is 4. The molecule has 1 aromatic carbocycles. The Hall–Kier alpha value is -2.65. The zero-order valence-electron chi connectivity index (χ0n) is 18.3. The number of aromatic nitrogens is 3. The summed E-state index contributed by atoms with van der Waals surface area (Å²) in [5.74, 6) is 1.09. The van der Waals surface area contributed by atoms with Gasteiger partial charge in [-0.15, -0.1) is 21.5 Å². The van der Waals surface area contributed by atoms with E-state index in [9.17, 15) is 9.59 Å². The van der Waals surface area contributed by atoms with Gasteiger partial charge in [0.2, 0.25) is 11.9 Å². The van der Waals surface area contributed by atoms with E-state index in [1.54, 1.807) is 0 Å². The van der Waals surface area contributed by atoms with Crippen LogP contribution in [0.25, 0.3) is 5.69 Å². The van der Waals surface area contributed by atoms with Crippen LogP contribution in [-0.4, -0.2) is 45.3 Å². The molecule has 2 aromatic heterocycles. The number of anilines is 1. The number of hydrogen-bond donors (Lipinski definition) is 1. The third kappa shape index (κ3) is 5.39. The summed E-state index contributed by atoms with van der Waals surface area (Å²) >= 11 is 2.83. The summed E-state index contributed by atoms with van der Waals surface area (Å²) in [6.07, 6.45) is 3.55. The number of hydrogen-bond acceptors (Lipinski definition) is 7. The third-order valence-corrected chi connectivity index (χ3v) is 7.38. The van der Waals surface area contributed by atoms with E-state index in [4.69, 9.17) is 0 Å². The summed E-state index contributed by atoms with van der Waals surface area (Å²) in [5.41, 5.74) is 2.20. The SMILES string of the molecule is CC(=O)NCc1ccc(C(=O)CSc2nnc(N3CCCCC3)n2-c2ccc(C)cc2)s1. The lowest BCUT2D eigenvalue weighted by molar-refractivity contribution is -0.119. The van der Waals surface area contributed by atoms with Crippen molar-refractivity contribution in [2.75, 3.05) is 23.7 Å². The van der Waals surface area contributed by atoms with Gasteiger partial charge >= 0.3 is 0 Å². The Balaban J connectivity index is 1.51. The summed E-state index contributed by atoms with van der Waals surface area (Å²) in [6.45, 7) is 5.94. The maximum absolute atomic E-state index is 12.8. The fraction of sp³-hybridized carbons (Fsp3) is 0.391. The zero-order chi connectivity index (χ0) is 22.5. The average molecular weight is 470 g/mol. The number of Topliss-reactive ketones (excluding diaryl/α,β-unsaturated/α-hetero) is 1. The van der Waals surface area contributed by atoms with Gasteiger partial charge < -0.3 is 10.2 Å². The molecule has 0 atom stereocenters. The van der Waals surface area contributed by atoms with Gasteiger partial charge in [-0.05, 0) is 50.5 Å². The highest BCUT2D eigenvalue weighted by Gasteiger charge is 2.22. The number of ketones is 1. The van der Waals surface area contributed by atoms with Gasteiger partial charge in [0.25, 0.3) is 0 Å². The second kappa shape index (κ2) is 10.3. The normalized spacial score (nSPS) is 13.9. The molecular weight excluding hydrogens is 442 g/mol. The van der Waals surface area contributed by atoms with Crippen molar-refractivity contribution in [2.45, 2.75) is 44.8 Å². The molecule has 0 radical (unpaired) electrons. The highest BCUT2D eigenvalue weighted by molar-refractivity contribution is 7.99. The first-order valence-electron chi connectivity index (χ1n) is 10.8. The number of amides is 1. The number of benzene rings is 1. The van der Waals surface area contributed by atoms with Gasteiger partial charge in [-0.3, -0.25) is 14.2 Å². The van der Waals surface area contributed by atoms with Crippen molar-refractivity contribution in [3.05, 3.63) is 51.7 Å². The molecule has 168 valence electrons. The summed E-state index contributed by atoms with van der Waals surface area (Å²) in [4.78, 5) is 27.8. The van der Waals surface area contributed by atoms with Crippen LogP contribution in [-0.2, 0) is 11.3 Å². The Bertz CT molecular complexity index is 1080. The van der Waals surface area contributed by atoms with Crippen LogP contribution in [0.5, 0.6) is 0 Å². The largest absolute Gasteiger partial charge is 0.351 e. The summed E-state index contributed by atoms with van der Waals surface area (Å²) in [5, 5.41) is 12.4. The summed E-state index contributed by atoms with van der Waals surface area (Å²) < 4.78 is 2.07. The molecule has 0 unspecified atom stereocenters. The van der Waals surface area contributed by atoms with Crippen molar-refractivity contribution in [1.82, 2.24) is 20.1 Å². The van der Waals surface area contributed by atoms with Crippen molar-refractivity contribution in [1.29, 1.82) is 0 Å². The first-order chi connectivity index (χ1) is 15.5. The predicted octanol–water partition coefficient (Wildman–Crippen LogP) is 4.24. The third-order valence-electron chi connectivity index (χ3n) is 5.33. The lowest BCUT2D eigenvalue weighted by atomic mass is 10.1. The summed E-state index contributed by atoms with van der Waals surface area (Å²) in [6, 6.07) is 12.0. The Morgan fingerprint density at radius 1 is 1.06 bits per heavy atom. The number of carbonyl (C=O) groups is 2. The molecule has 9 heteroatoms. The van der Waals surface area contributed by atoms with Gasteiger partial charge in [0.05, 0.1) is 22.9 Å². The van der Waals surface area contributed by atoms with Crippen molar-refractivity contribution < 1.29 is 9.59 Å². The maximum atomic E-state index is 12.8. The zero-order valence-corrected chi connectivity index (χ0v) is 20.0. The molecule has 4 rings (SSSR count). The van der Waals surface area contributed by atoms with Crippen molar-refractivity contribution in [3.8, 4) is 5.69 Å². The minimum Gasteiger partial charge on any atom is -0.351 e. The first-order valence-corrected chi connectivity index (χ1v) is 12.6. The van der Waals surface area contributed by atoms with Crippen LogP contribution < -0.4 is 10.2 Å². The number of thioether (sulfide) groups is 1. The van der Waals surface area contributed by atoms with Gasteiger partial charge in [0, 0.05) is 24.9 Å². The fourth-order valence-corrected chi connectivity index (χ4v) is 5.42. The topological polar surface area (TPSA) is 80.1 Å². The Morgan fingerprint density at radius 2 is 1.81 bits per heavy atom. The van der Waals surface area contributed by atoms with E-state index in [0.29, 0.717) is 11.4 Å². The van der Waals surface area contributed by atoms with Gasteiger partial charge in [0.15, 0.2) is 10.9 Å². The van der Waals surface area contributed by atoms with Crippen LogP contribution in [0.4, 0.5) is 5.95 Å². The number of nitrogens with one attached hydrogen (secondary N) is 1. The first kappa shape index (κ1) is 22.5. The van der Waals surface area contributed by atoms with Crippen LogP contribution in [0.15, 0.2) is 41.6 Å². The second-order valence-electron chi connectivity index (χ2n) is 7.89. The molecule has 1 fully saturated rings. The van der Waals surface area contributed by atoms with Crippen molar-refractivity contribution in [3.63, 3.8) is 0 Å². The highest BCUT2D eigenvalue weighted by Crippen LogP contribution is 2.29. The van der Waals surface area contributed by atoms with Crippen molar-refractivity contribution >= 4 is 40.7 Å². The molecule has 32 heavy (non-hydrogen) atoms. The van der Waals surface area contributed by atoms with E-state index in [2.05, 4.69) is 56.2 Å². The highest BCUT2D eigenvalue weighted by atomic mass is 32.2. The molecule has 3 heterocycles. The molecule has 1 amide bonds. The van der Waals surface area contributed by atoms with Crippen LogP contribution in [0, 0.1) is 6.92 Å². The van der Waals surface area contributed by atoms with E-state index in [1.807, 2.05) is 12.1 Å². The van der Waals surface area contributed by atoms with Crippen LogP contribution in [0.2, 0.25) is 0 Å². The summed E-state index contributed by atoms with van der Waals surface area (Å²) in [7, 11) is 0. The maximum Gasteiger partial charge on any atom is 0.232 e. The van der Waals surface area contributed by atoms with E-state index >= 15 is 0 Å². The smallest absolute Gasteiger partial charge is 0.232 e. The van der Waals surface area contributed by atoms with Gasteiger partial charge in [-0.25, -0.2) is 0 Å². The minimum absolute atomic E-state index is 0.0482. The van der Waals surface area contributed by atoms with Gasteiger partial charge in [0.1, 0.15) is 0 Å². The standard InChI is InChI=1S/C23H27N5O2S2/c1-16-6-8-18(9-7-16)28-22(27-12-4-3-5-13-27)25-26-23(28)31-15-20(30)21-11-10-19(32-21)14-24-17(2)29/h6-11H,3-5,12-15H2,1-2H3,(H,24,29). The van der Waals surface area contributed by atoms with Gasteiger partial charge in [-0.2, -0.15) is 0 Å². The van der Waals surface area contributed by atoms with Crippen molar-refractivity contribution in [2.24, 2.45) is 0 Å². The van der Waals surface area contributed by atoms with E-state index in [-0.39, 0.29) is 17.4 Å². The number of carbonyl (C=O) groups excluding carboxylic acids is 2. The van der Waals surface area contributed by atoms with Gasteiger partial charge in [-0.1, -0.05) is 29.5 Å². The average Bonchev–Trinajstić information content (AvgIpc) is 3.45. The molecule has 7 nitrogen and oxygen atoms in total. The number of piperidine rings is 1. The molecule has 0 bridgehead atoms. The van der Waals surface area contributed by atoms with Crippen LogP contribution in [0.1, 0.15) is 46.3 Å². The van der Waals surface area contributed by atoms with E-state index in [1.165, 1.54) is 42.0 Å². The Morgan fingerprint density at radius 3 is 2.53 bits per heavy atom. The molecule has 1 aliphatic heterocycles. The Labute approximate surface area is 196 Å². The van der Waals surface area contributed by atoms with E-state index in [0.717, 1.165) is 47.6 Å². The molecule has 0 aliphatic carbocycles. The molecular formula is C23H27N5O2S2. The molecule has 1 N–H and O–H groups in total. The minimum atomic E-state index is -0.0817. The van der Waals surface area contributed by atoms with Crippen LogP contribution in [0.3, 0.4) is 0 Å². The molecule has 0 saturated carbocycles. The molecule has 1 aliphatic rings. The second-order valence-corrected chi connectivity index (χ2v) is 10.00. The predicted molar refractivity (Wildman–Crippen MR) is 129 cm³/mol. The number of aryl methyl sites for hydroxylation is 1. The van der Waals surface area contributed by atoms with E-state index < -0.39 is 0 Å². The number of rotatable bonds is 8. The Kier molecular flexibility index (Phi) is 7.26. The molecule has 3 aromatic rings. The molecule has 1 saturated heterocycles. The quantitative estimate of drug-likeness (QED) is 0.393. The monoisotopic (exact) mass is 469 g/mol. The lowest BCUT2D eigenvalue weighted by Gasteiger charge is -2.27. The fourth-order valence-electron chi connectivity index (χ4n) is 3.61. The van der Waals surface area contributed by atoms with Crippen LogP contribution >= 0.6 is 23.1 Å².